The van der Waals surface area contributed by atoms with Crippen LogP contribution in [0.4, 0.5) is 0 Å². The summed E-state index contributed by atoms with van der Waals surface area (Å²) in [4.78, 5) is 14.1. The van der Waals surface area contributed by atoms with Gasteiger partial charge in [0.25, 0.3) is 0 Å². The van der Waals surface area contributed by atoms with Crippen molar-refractivity contribution < 1.29 is 9.53 Å². The van der Waals surface area contributed by atoms with Crippen molar-refractivity contribution in [2.75, 3.05) is 20.3 Å². The van der Waals surface area contributed by atoms with Crippen molar-refractivity contribution >= 4 is 5.91 Å². The molecule has 1 saturated heterocycles. The number of methoxy groups -OCH3 is 1. The highest BCUT2D eigenvalue weighted by atomic mass is 16.5. The van der Waals surface area contributed by atoms with E-state index in [2.05, 4.69) is 26.1 Å². The summed E-state index contributed by atoms with van der Waals surface area (Å²) in [7, 11) is 1.71. The number of ether oxygens (including phenoxy) is 1. The maximum Gasteiger partial charge on any atom is 0.241 e. The highest BCUT2D eigenvalue weighted by molar-refractivity contribution is 5.84. The molecular weight excluding hydrogens is 216 g/mol. The van der Waals surface area contributed by atoms with Gasteiger partial charge in [0.1, 0.15) is 0 Å². The van der Waals surface area contributed by atoms with Crippen LogP contribution in [-0.4, -0.2) is 43.3 Å². The largest absolute Gasteiger partial charge is 0.385 e. The summed E-state index contributed by atoms with van der Waals surface area (Å²) < 4.78 is 5.01. The highest BCUT2D eigenvalue weighted by Gasteiger charge is 2.35. The normalized spacial score (nSPS) is 25.0. The van der Waals surface area contributed by atoms with Crippen LogP contribution in [0.3, 0.4) is 0 Å². The Morgan fingerprint density at radius 3 is 2.71 bits per heavy atom. The van der Waals surface area contributed by atoms with Crippen LogP contribution in [0, 0.1) is 5.92 Å². The predicted molar refractivity (Wildman–Crippen MR) is 68.7 cm³/mol. The molecule has 1 aliphatic heterocycles. The molecule has 100 valence electrons. The van der Waals surface area contributed by atoms with Crippen LogP contribution >= 0.6 is 0 Å². The zero-order valence-corrected chi connectivity index (χ0v) is 11.5. The van der Waals surface area contributed by atoms with Gasteiger partial charge in [0, 0.05) is 20.3 Å². The van der Waals surface area contributed by atoms with Crippen molar-refractivity contribution in [2.45, 2.75) is 52.2 Å². The predicted octanol–water partition coefficient (Wildman–Crippen LogP) is 1.61. The van der Waals surface area contributed by atoms with Gasteiger partial charge in [0.2, 0.25) is 5.91 Å². The molecule has 1 fully saturated rings. The molecule has 2 atom stereocenters. The minimum absolute atomic E-state index is 0.0208. The van der Waals surface area contributed by atoms with Crippen LogP contribution in [0.15, 0.2) is 0 Å². The standard InChI is InChI=1S/C13H26N2O2/c1-10(2)9-12-13(16)15(11(3)14-12)7-5-6-8-17-4/h10-12,14H,5-9H2,1-4H3. The topological polar surface area (TPSA) is 41.6 Å². The van der Waals surface area contributed by atoms with E-state index in [1.807, 2.05) is 4.90 Å². The lowest BCUT2D eigenvalue weighted by molar-refractivity contribution is -0.130. The first-order valence-electron chi connectivity index (χ1n) is 6.61. The molecule has 0 bridgehead atoms. The van der Waals surface area contributed by atoms with Crippen LogP contribution in [0.2, 0.25) is 0 Å². The molecule has 1 heterocycles. The SMILES string of the molecule is COCCCCN1C(=O)C(CC(C)C)NC1C. The molecule has 17 heavy (non-hydrogen) atoms. The van der Waals surface area contributed by atoms with Gasteiger partial charge in [0.05, 0.1) is 12.2 Å². The highest BCUT2D eigenvalue weighted by Crippen LogP contribution is 2.17. The van der Waals surface area contributed by atoms with Crippen molar-refractivity contribution in [3.05, 3.63) is 0 Å². The van der Waals surface area contributed by atoms with Crippen molar-refractivity contribution in [1.82, 2.24) is 10.2 Å². The fourth-order valence-corrected chi connectivity index (χ4v) is 2.32. The summed E-state index contributed by atoms with van der Waals surface area (Å²) in [6, 6.07) is 0.0208. The third-order valence-corrected chi connectivity index (χ3v) is 3.20. The van der Waals surface area contributed by atoms with Crippen LogP contribution < -0.4 is 5.32 Å². The molecule has 0 saturated carbocycles. The molecule has 0 aromatic rings. The van der Waals surface area contributed by atoms with Gasteiger partial charge in [0.15, 0.2) is 0 Å². The number of rotatable bonds is 7. The first-order chi connectivity index (χ1) is 8.06. The molecule has 2 unspecified atom stereocenters. The van der Waals surface area contributed by atoms with E-state index < -0.39 is 0 Å². The van der Waals surface area contributed by atoms with E-state index in [4.69, 9.17) is 4.74 Å². The molecule has 1 N–H and O–H groups in total. The van der Waals surface area contributed by atoms with Gasteiger partial charge >= 0.3 is 0 Å². The Morgan fingerprint density at radius 1 is 1.41 bits per heavy atom. The maximum atomic E-state index is 12.1. The summed E-state index contributed by atoms with van der Waals surface area (Å²) in [6.45, 7) is 7.99. The molecule has 1 rings (SSSR count). The Balaban J connectivity index is 2.37. The first-order valence-corrected chi connectivity index (χ1v) is 6.61. The maximum absolute atomic E-state index is 12.1. The van der Waals surface area contributed by atoms with E-state index in [9.17, 15) is 4.79 Å². The Kier molecular flexibility index (Phi) is 5.92. The molecule has 4 heteroatoms. The Hall–Kier alpha value is -0.610. The Labute approximate surface area is 105 Å². The second-order valence-electron chi connectivity index (χ2n) is 5.26. The lowest BCUT2D eigenvalue weighted by atomic mass is 10.0. The molecular formula is C13H26N2O2. The number of nitrogens with zero attached hydrogens (tertiary/aromatic N) is 1. The molecule has 1 amide bonds. The zero-order valence-electron chi connectivity index (χ0n) is 11.5. The monoisotopic (exact) mass is 242 g/mol. The average Bonchev–Trinajstić information content (AvgIpc) is 2.50. The summed E-state index contributed by atoms with van der Waals surface area (Å²) >= 11 is 0. The fourth-order valence-electron chi connectivity index (χ4n) is 2.32. The number of nitrogens with one attached hydrogen (secondary N) is 1. The van der Waals surface area contributed by atoms with E-state index in [1.165, 1.54) is 0 Å². The summed E-state index contributed by atoms with van der Waals surface area (Å²) in [5, 5.41) is 3.37. The van der Waals surface area contributed by atoms with Gasteiger partial charge in [-0.1, -0.05) is 13.8 Å². The number of carbonyl (C=O) groups excluding carboxylic acids is 1. The third-order valence-electron chi connectivity index (χ3n) is 3.20. The van der Waals surface area contributed by atoms with Crippen molar-refractivity contribution in [3.8, 4) is 0 Å². The van der Waals surface area contributed by atoms with E-state index >= 15 is 0 Å². The van der Waals surface area contributed by atoms with Gasteiger partial charge in [-0.2, -0.15) is 0 Å². The van der Waals surface area contributed by atoms with Crippen LogP contribution in [0.1, 0.15) is 40.0 Å². The van der Waals surface area contributed by atoms with Gasteiger partial charge in [-0.15, -0.1) is 0 Å². The van der Waals surface area contributed by atoms with E-state index in [1.54, 1.807) is 7.11 Å². The van der Waals surface area contributed by atoms with Crippen LogP contribution in [-0.2, 0) is 9.53 Å². The number of unbranched alkanes of at least 4 members (excludes halogenated alkanes) is 1. The van der Waals surface area contributed by atoms with Crippen LogP contribution in [0.25, 0.3) is 0 Å². The van der Waals surface area contributed by atoms with Crippen molar-refractivity contribution in [3.63, 3.8) is 0 Å². The number of hydrogen-bond donors (Lipinski definition) is 1. The second kappa shape index (κ2) is 6.97. The smallest absolute Gasteiger partial charge is 0.241 e. The molecule has 4 nitrogen and oxygen atoms in total. The van der Waals surface area contributed by atoms with Gasteiger partial charge in [-0.25, -0.2) is 0 Å². The van der Waals surface area contributed by atoms with Crippen molar-refractivity contribution in [1.29, 1.82) is 0 Å². The quantitative estimate of drug-likeness (QED) is 0.690. The average molecular weight is 242 g/mol. The van der Waals surface area contributed by atoms with Gasteiger partial charge in [-0.05, 0) is 32.1 Å². The van der Waals surface area contributed by atoms with Crippen LogP contribution in [0.5, 0.6) is 0 Å². The molecule has 0 aromatic carbocycles. The lowest BCUT2D eigenvalue weighted by Crippen LogP contribution is -2.35. The van der Waals surface area contributed by atoms with E-state index in [0.29, 0.717) is 5.92 Å². The van der Waals surface area contributed by atoms with E-state index in [0.717, 1.165) is 32.4 Å². The van der Waals surface area contributed by atoms with Gasteiger partial charge in [-0.3, -0.25) is 10.1 Å². The summed E-state index contributed by atoms with van der Waals surface area (Å²) in [5.41, 5.74) is 0. The number of carbonyl (C=O) groups is 1. The number of hydrogen-bond acceptors (Lipinski definition) is 3. The summed E-state index contributed by atoms with van der Waals surface area (Å²) in [6.07, 6.45) is 3.13. The minimum atomic E-state index is 0.0208. The molecule has 0 aliphatic carbocycles. The molecule has 0 spiro atoms. The van der Waals surface area contributed by atoms with Gasteiger partial charge < -0.3 is 9.64 Å². The lowest BCUT2D eigenvalue weighted by Gasteiger charge is -2.20. The van der Waals surface area contributed by atoms with E-state index in [-0.39, 0.29) is 18.1 Å². The molecule has 1 aliphatic rings. The first kappa shape index (κ1) is 14.5. The second-order valence-corrected chi connectivity index (χ2v) is 5.26. The fraction of sp³-hybridized carbons (Fsp3) is 0.923. The Bertz CT molecular complexity index is 244. The Morgan fingerprint density at radius 2 is 2.12 bits per heavy atom. The molecule has 0 aromatic heterocycles. The zero-order chi connectivity index (χ0) is 12.8. The third kappa shape index (κ3) is 4.28. The minimum Gasteiger partial charge on any atom is -0.385 e. The molecule has 0 radical (unpaired) electrons. The summed E-state index contributed by atoms with van der Waals surface area (Å²) in [5.74, 6) is 0.820. The van der Waals surface area contributed by atoms with Crippen molar-refractivity contribution in [2.24, 2.45) is 5.92 Å². The number of amides is 1.